The third kappa shape index (κ3) is 1.64. The predicted octanol–water partition coefficient (Wildman–Crippen LogP) is 0.572. The van der Waals surface area contributed by atoms with E-state index in [2.05, 4.69) is 20.1 Å². The second-order valence-corrected chi connectivity index (χ2v) is 4.75. The Morgan fingerprint density at radius 1 is 1.12 bits per heavy atom. The first-order valence-corrected chi connectivity index (χ1v) is 6.18. The minimum absolute atomic E-state index is 0.406. The van der Waals surface area contributed by atoms with E-state index in [1.807, 2.05) is 0 Å². The first kappa shape index (κ1) is 10.2. The van der Waals surface area contributed by atoms with Crippen LogP contribution in [0.3, 0.4) is 0 Å². The quantitative estimate of drug-likeness (QED) is 0.729. The molecule has 0 saturated carbocycles. The highest BCUT2D eigenvalue weighted by Crippen LogP contribution is 2.30. The van der Waals surface area contributed by atoms with Gasteiger partial charge in [0, 0.05) is 12.5 Å². The molecule has 0 radical (unpaired) electrons. The van der Waals surface area contributed by atoms with Crippen LogP contribution in [0.1, 0.15) is 49.4 Å². The maximum atomic E-state index is 9.84. The second-order valence-electron chi connectivity index (χ2n) is 4.75. The highest BCUT2D eigenvalue weighted by molar-refractivity contribution is 5.07. The van der Waals surface area contributed by atoms with Gasteiger partial charge in [0.1, 0.15) is 11.9 Å². The van der Waals surface area contributed by atoms with E-state index in [0.29, 0.717) is 5.92 Å². The van der Waals surface area contributed by atoms with Gasteiger partial charge in [-0.2, -0.15) is 0 Å². The molecule has 0 amide bonds. The fourth-order valence-electron chi connectivity index (χ4n) is 2.76. The Bertz CT molecular complexity index is 370. The number of rotatable bonds is 1. The average Bonchev–Trinajstić information content (AvgIpc) is 2.75. The van der Waals surface area contributed by atoms with Crippen LogP contribution in [0, 0.1) is 0 Å². The number of hydrogen-bond acceptors (Lipinski definition) is 4. The molecule has 1 saturated heterocycles. The topological polar surface area (TPSA) is 63.0 Å². The lowest BCUT2D eigenvalue weighted by Gasteiger charge is -2.25. The van der Waals surface area contributed by atoms with Gasteiger partial charge in [-0.25, -0.2) is 0 Å². The zero-order chi connectivity index (χ0) is 11.0. The minimum Gasteiger partial charge on any atom is -0.385 e. The van der Waals surface area contributed by atoms with E-state index in [1.165, 1.54) is 0 Å². The summed E-state index contributed by atoms with van der Waals surface area (Å²) in [6.07, 6.45) is 3.72. The van der Waals surface area contributed by atoms with Crippen LogP contribution in [-0.2, 0) is 6.54 Å². The van der Waals surface area contributed by atoms with E-state index in [4.69, 9.17) is 0 Å². The summed E-state index contributed by atoms with van der Waals surface area (Å²) < 4.78 is 2.14. The van der Waals surface area contributed by atoms with Crippen molar-refractivity contribution in [3.05, 3.63) is 11.6 Å². The lowest BCUT2D eigenvalue weighted by molar-refractivity contribution is 0.132. The number of aromatic nitrogens is 3. The maximum absolute atomic E-state index is 9.84. The van der Waals surface area contributed by atoms with Crippen molar-refractivity contribution in [2.24, 2.45) is 0 Å². The summed E-state index contributed by atoms with van der Waals surface area (Å²) in [5.74, 6) is 2.39. The van der Waals surface area contributed by atoms with Crippen LogP contribution < -0.4 is 5.32 Å². The third-order valence-corrected chi connectivity index (χ3v) is 3.67. The maximum Gasteiger partial charge on any atom is 0.161 e. The molecular formula is C11H18N4O. The normalized spacial score (nSPS) is 26.7. The SMILES string of the molecule is OC1CCCn2c1nnc2C1CCNCC1. The second kappa shape index (κ2) is 4.14. The zero-order valence-electron chi connectivity index (χ0n) is 9.39. The van der Waals surface area contributed by atoms with Crippen molar-refractivity contribution in [2.45, 2.75) is 44.2 Å². The molecule has 0 aliphatic carbocycles. The van der Waals surface area contributed by atoms with Crippen molar-refractivity contribution >= 4 is 0 Å². The van der Waals surface area contributed by atoms with Crippen LogP contribution in [0.5, 0.6) is 0 Å². The van der Waals surface area contributed by atoms with Gasteiger partial charge in [0.15, 0.2) is 5.82 Å². The van der Waals surface area contributed by atoms with Crippen molar-refractivity contribution in [1.29, 1.82) is 0 Å². The minimum atomic E-state index is -0.406. The van der Waals surface area contributed by atoms with Crippen LogP contribution >= 0.6 is 0 Å². The van der Waals surface area contributed by atoms with Crippen molar-refractivity contribution in [3.8, 4) is 0 Å². The fourth-order valence-corrected chi connectivity index (χ4v) is 2.76. The molecule has 5 nitrogen and oxygen atoms in total. The lowest BCUT2D eigenvalue weighted by Crippen LogP contribution is -2.29. The van der Waals surface area contributed by atoms with Gasteiger partial charge < -0.3 is 15.0 Å². The van der Waals surface area contributed by atoms with Crippen molar-refractivity contribution < 1.29 is 5.11 Å². The number of hydrogen-bond donors (Lipinski definition) is 2. The number of aliphatic hydroxyl groups is 1. The van der Waals surface area contributed by atoms with Crippen LogP contribution in [-0.4, -0.2) is 33.0 Å². The Balaban J connectivity index is 1.89. The fraction of sp³-hybridized carbons (Fsp3) is 0.818. The number of aliphatic hydroxyl groups excluding tert-OH is 1. The van der Waals surface area contributed by atoms with Gasteiger partial charge in [-0.15, -0.1) is 10.2 Å². The highest BCUT2D eigenvalue weighted by atomic mass is 16.3. The summed E-state index contributed by atoms with van der Waals surface area (Å²) in [6, 6.07) is 0. The zero-order valence-corrected chi connectivity index (χ0v) is 9.39. The molecule has 1 atom stereocenters. The molecule has 5 heteroatoms. The number of piperidine rings is 1. The summed E-state index contributed by atoms with van der Waals surface area (Å²) in [4.78, 5) is 0. The Morgan fingerprint density at radius 2 is 1.88 bits per heavy atom. The van der Waals surface area contributed by atoms with E-state index < -0.39 is 6.10 Å². The molecule has 1 fully saturated rings. The van der Waals surface area contributed by atoms with E-state index >= 15 is 0 Å². The largest absolute Gasteiger partial charge is 0.385 e. The van der Waals surface area contributed by atoms with Crippen molar-refractivity contribution in [1.82, 2.24) is 20.1 Å². The van der Waals surface area contributed by atoms with Crippen LogP contribution in [0.2, 0.25) is 0 Å². The van der Waals surface area contributed by atoms with E-state index in [9.17, 15) is 5.11 Å². The molecular weight excluding hydrogens is 204 g/mol. The monoisotopic (exact) mass is 222 g/mol. The highest BCUT2D eigenvalue weighted by Gasteiger charge is 2.27. The van der Waals surface area contributed by atoms with E-state index in [0.717, 1.165) is 57.0 Å². The number of nitrogens with zero attached hydrogens (tertiary/aromatic N) is 3. The van der Waals surface area contributed by atoms with Crippen molar-refractivity contribution in [2.75, 3.05) is 13.1 Å². The molecule has 2 aliphatic rings. The molecule has 16 heavy (non-hydrogen) atoms. The molecule has 88 valence electrons. The molecule has 1 aromatic heterocycles. The summed E-state index contributed by atoms with van der Waals surface area (Å²) in [5, 5.41) is 21.6. The molecule has 0 aromatic carbocycles. The Morgan fingerprint density at radius 3 is 2.69 bits per heavy atom. The Kier molecular flexibility index (Phi) is 2.65. The molecule has 3 heterocycles. The van der Waals surface area contributed by atoms with Crippen LogP contribution in [0.4, 0.5) is 0 Å². The Labute approximate surface area is 94.9 Å². The standard InChI is InChI=1S/C11H18N4O/c16-9-2-1-7-15-10(13-14-11(9)15)8-3-5-12-6-4-8/h8-9,12,16H,1-7H2. The molecule has 1 aromatic rings. The van der Waals surface area contributed by atoms with Crippen LogP contribution in [0.25, 0.3) is 0 Å². The smallest absolute Gasteiger partial charge is 0.161 e. The van der Waals surface area contributed by atoms with Crippen LogP contribution in [0.15, 0.2) is 0 Å². The molecule has 3 rings (SSSR count). The lowest BCUT2D eigenvalue weighted by atomic mass is 9.96. The summed E-state index contributed by atoms with van der Waals surface area (Å²) in [7, 11) is 0. The van der Waals surface area contributed by atoms with Gasteiger partial charge in [-0.1, -0.05) is 0 Å². The molecule has 0 spiro atoms. The first-order valence-electron chi connectivity index (χ1n) is 6.18. The van der Waals surface area contributed by atoms with Gasteiger partial charge in [-0.05, 0) is 38.8 Å². The number of nitrogens with one attached hydrogen (secondary N) is 1. The summed E-state index contributed by atoms with van der Waals surface area (Å²) >= 11 is 0. The average molecular weight is 222 g/mol. The van der Waals surface area contributed by atoms with E-state index in [1.54, 1.807) is 0 Å². The first-order chi connectivity index (χ1) is 7.86. The summed E-state index contributed by atoms with van der Waals surface area (Å²) in [6.45, 7) is 3.10. The van der Waals surface area contributed by atoms with Gasteiger partial charge in [-0.3, -0.25) is 0 Å². The molecule has 2 aliphatic heterocycles. The predicted molar refractivity (Wildman–Crippen MR) is 59.1 cm³/mol. The van der Waals surface area contributed by atoms with Gasteiger partial charge >= 0.3 is 0 Å². The van der Waals surface area contributed by atoms with Crippen molar-refractivity contribution in [3.63, 3.8) is 0 Å². The summed E-state index contributed by atoms with van der Waals surface area (Å²) in [5.41, 5.74) is 0. The van der Waals surface area contributed by atoms with Gasteiger partial charge in [0.05, 0.1) is 0 Å². The Hall–Kier alpha value is -0.940. The third-order valence-electron chi connectivity index (χ3n) is 3.67. The van der Waals surface area contributed by atoms with E-state index in [-0.39, 0.29) is 0 Å². The van der Waals surface area contributed by atoms with Gasteiger partial charge in [0.25, 0.3) is 0 Å². The van der Waals surface area contributed by atoms with Gasteiger partial charge in [0.2, 0.25) is 0 Å². The number of fused-ring (bicyclic) bond motifs is 1. The molecule has 2 N–H and O–H groups in total. The molecule has 0 bridgehead atoms. The molecule has 1 unspecified atom stereocenters.